The Bertz CT molecular complexity index is 1660. The highest BCUT2D eigenvalue weighted by Gasteiger charge is 2.15. The van der Waals surface area contributed by atoms with Crippen LogP contribution in [0.15, 0.2) is 112 Å². The van der Waals surface area contributed by atoms with Gasteiger partial charge in [0.1, 0.15) is 11.4 Å². The van der Waals surface area contributed by atoms with Gasteiger partial charge in [0.25, 0.3) is 11.4 Å². The van der Waals surface area contributed by atoms with Gasteiger partial charge in [0.05, 0.1) is 64.8 Å². The number of nitro groups is 2. The molecule has 4 aromatic rings. The lowest BCUT2D eigenvalue weighted by molar-refractivity contribution is -0.385. The number of azo groups is 2. The van der Waals surface area contributed by atoms with E-state index in [0.717, 1.165) is 0 Å². The summed E-state index contributed by atoms with van der Waals surface area (Å²) in [4.78, 5) is 29.4. The molecule has 0 fully saturated rings. The fraction of sp³-hybridized carbons (Fsp3) is 0.0714. The van der Waals surface area contributed by atoms with Crippen molar-refractivity contribution in [2.45, 2.75) is 0 Å². The Balaban J connectivity index is 1.21. The molecule has 0 aliphatic heterocycles. The number of nitro benzene ring substituents is 2. The van der Waals surface area contributed by atoms with Crippen molar-refractivity contribution in [2.24, 2.45) is 30.4 Å². The molecule has 0 aromatic heterocycles. The van der Waals surface area contributed by atoms with E-state index >= 15 is 0 Å². The Kier molecular flexibility index (Phi) is 12.1. The molecule has 0 aliphatic rings. The summed E-state index contributed by atoms with van der Waals surface area (Å²) in [7, 11) is 0. The number of aliphatic imine (C=N–C) groups is 2. The van der Waals surface area contributed by atoms with Crippen molar-refractivity contribution < 1.29 is 14.6 Å². The topological polar surface area (TPSA) is 170 Å². The number of hydrogen-bond acceptors (Lipinski definition) is 11. The average Bonchev–Trinajstić information content (AvgIpc) is 3.00. The van der Waals surface area contributed by atoms with Crippen molar-refractivity contribution in [2.75, 3.05) is 13.2 Å². The first-order chi connectivity index (χ1) is 21.6. The van der Waals surface area contributed by atoms with Gasteiger partial charge in [0.15, 0.2) is 0 Å². The molecule has 0 N–H and O–H groups in total. The third-order valence-electron chi connectivity index (χ3n) is 5.52. The highest BCUT2D eigenvalue weighted by Crippen LogP contribution is 2.39. The molecule has 0 unspecified atom stereocenters. The summed E-state index contributed by atoms with van der Waals surface area (Å²) in [5, 5.41) is 38.5. The number of halogens is 4. The quantitative estimate of drug-likeness (QED) is 0.0457. The first kappa shape index (κ1) is 33.6. The van der Waals surface area contributed by atoms with E-state index in [2.05, 4.69) is 62.3 Å². The number of non-ortho nitro benzene ring substituents is 2. The lowest BCUT2D eigenvalue weighted by Crippen LogP contribution is -1.98. The Morgan fingerprint density at radius 2 is 0.978 bits per heavy atom. The van der Waals surface area contributed by atoms with Gasteiger partial charge in [-0.15, -0.1) is 10.2 Å². The van der Waals surface area contributed by atoms with Crippen molar-refractivity contribution in [1.82, 2.24) is 0 Å². The van der Waals surface area contributed by atoms with Gasteiger partial charge in [0.2, 0.25) is 0 Å². The molecule has 4 aromatic carbocycles. The number of hydrogen-bond donors (Lipinski definition) is 0. The maximum absolute atomic E-state index is 10.9. The zero-order valence-electron chi connectivity index (χ0n) is 22.6. The van der Waals surface area contributed by atoms with E-state index in [1.807, 2.05) is 0 Å². The molecule has 17 heteroatoms. The van der Waals surface area contributed by atoms with Crippen molar-refractivity contribution in [3.63, 3.8) is 0 Å². The Morgan fingerprint density at radius 3 is 1.31 bits per heavy atom. The maximum atomic E-state index is 10.9. The minimum Gasteiger partial charge on any atom is -0.370 e. The Hall–Kier alpha value is -4.28. The van der Waals surface area contributed by atoms with Crippen LogP contribution in [0.4, 0.5) is 45.5 Å². The standard InChI is InChI=1S/C28H18Br2Cl2N8O5/c29-23-13-21(39(41)42)15-25(31)27(23)37-35-19-5-1-17(2-6-19)33-9-11-45-12-10-34-18-3-7-20(8-4-18)36-38-28-24(30)14-22(40(43)44)16-26(28)32/h1-10,13-16H,11-12H2. The van der Waals surface area contributed by atoms with Gasteiger partial charge in [-0.1, -0.05) is 23.2 Å². The lowest BCUT2D eigenvalue weighted by atomic mass is 10.3. The Morgan fingerprint density at radius 1 is 0.622 bits per heavy atom. The number of ether oxygens (including phenoxy) is 1. The molecular weight excluding hydrogens is 759 g/mol. The second-order valence-electron chi connectivity index (χ2n) is 8.62. The fourth-order valence-corrected chi connectivity index (χ4v) is 5.18. The first-order valence-electron chi connectivity index (χ1n) is 12.5. The normalized spacial score (nSPS) is 11.8. The minimum absolute atomic E-state index is 0.102. The summed E-state index contributed by atoms with van der Waals surface area (Å²) in [6.07, 6.45) is 3.24. The van der Waals surface area contributed by atoms with Crippen LogP contribution in [0, 0.1) is 20.2 Å². The van der Waals surface area contributed by atoms with Crippen molar-refractivity contribution in [3.05, 3.63) is 112 Å². The second kappa shape index (κ2) is 16.2. The molecule has 0 atom stereocenters. The fourth-order valence-electron chi connectivity index (χ4n) is 3.39. The molecule has 0 saturated heterocycles. The van der Waals surface area contributed by atoms with Crippen LogP contribution in [0.1, 0.15) is 0 Å². The van der Waals surface area contributed by atoms with Gasteiger partial charge in [-0.2, -0.15) is 10.2 Å². The molecule has 0 saturated carbocycles. The summed E-state index contributed by atoms with van der Waals surface area (Å²) in [6, 6.07) is 18.9. The van der Waals surface area contributed by atoms with E-state index in [0.29, 0.717) is 31.7 Å². The van der Waals surface area contributed by atoms with Crippen molar-refractivity contribution in [3.8, 4) is 0 Å². The zero-order chi connectivity index (χ0) is 32.3. The van der Waals surface area contributed by atoms with Crippen molar-refractivity contribution >= 4 is 113 Å². The number of benzene rings is 4. The van der Waals surface area contributed by atoms with E-state index < -0.39 is 9.85 Å². The SMILES string of the molecule is O=[N+]([O-])c1cc(Cl)c(N=Nc2ccc(N=CCOCC=Nc3ccc(N=Nc4c(Cl)cc([N+](=O)[O-])cc4Br)cc3)cc2)c(Br)c1. The summed E-state index contributed by atoms with van der Waals surface area (Å²) in [6.45, 7) is 0.528. The van der Waals surface area contributed by atoms with Crippen LogP contribution < -0.4 is 0 Å². The maximum Gasteiger partial charge on any atom is 0.272 e. The van der Waals surface area contributed by atoms with Crippen LogP contribution in [-0.2, 0) is 4.74 Å². The molecule has 0 bridgehead atoms. The summed E-state index contributed by atoms with van der Waals surface area (Å²) >= 11 is 18.7. The zero-order valence-corrected chi connectivity index (χ0v) is 27.3. The van der Waals surface area contributed by atoms with E-state index in [1.54, 1.807) is 61.0 Å². The summed E-state index contributed by atoms with van der Waals surface area (Å²) in [5.41, 5.74) is 2.71. The molecule has 45 heavy (non-hydrogen) atoms. The average molecular weight is 777 g/mol. The van der Waals surface area contributed by atoms with Crippen LogP contribution in [0.25, 0.3) is 0 Å². The summed E-state index contributed by atoms with van der Waals surface area (Å²) in [5.74, 6) is 0. The van der Waals surface area contributed by atoms with Crippen LogP contribution in [0.5, 0.6) is 0 Å². The molecule has 13 nitrogen and oxygen atoms in total. The second-order valence-corrected chi connectivity index (χ2v) is 11.1. The molecule has 0 amide bonds. The molecule has 0 spiro atoms. The third-order valence-corrected chi connectivity index (χ3v) is 7.31. The van der Waals surface area contributed by atoms with Crippen LogP contribution in [0.2, 0.25) is 10.0 Å². The van der Waals surface area contributed by atoms with E-state index in [9.17, 15) is 20.2 Å². The van der Waals surface area contributed by atoms with Gasteiger partial charge in [0, 0.05) is 36.7 Å². The van der Waals surface area contributed by atoms with E-state index in [-0.39, 0.29) is 46.0 Å². The molecule has 0 radical (unpaired) electrons. The highest BCUT2D eigenvalue weighted by atomic mass is 79.9. The predicted molar refractivity (Wildman–Crippen MR) is 180 cm³/mol. The molecule has 4 rings (SSSR count). The van der Waals surface area contributed by atoms with Gasteiger partial charge >= 0.3 is 0 Å². The smallest absolute Gasteiger partial charge is 0.272 e. The van der Waals surface area contributed by atoms with Gasteiger partial charge in [-0.05, 0) is 80.4 Å². The van der Waals surface area contributed by atoms with Crippen LogP contribution >= 0.6 is 55.1 Å². The summed E-state index contributed by atoms with van der Waals surface area (Å²) < 4.78 is 6.22. The minimum atomic E-state index is -0.544. The molecule has 228 valence electrons. The Labute approximate surface area is 282 Å². The molecule has 0 heterocycles. The van der Waals surface area contributed by atoms with Crippen LogP contribution in [-0.4, -0.2) is 35.5 Å². The molecular formula is C28H18Br2Cl2N8O5. The predicted octanol–water partition coefficient (Wildman–Crippen LogP) is 11.3. The number of rotatable bonds is 12. The van der Waals surface area contributed by atoms with Gasteiger partial charge < -0.3 is 4.74 Å². The highest BCUT2D eigenvalue weighted by molar-refractivity contribution is 9.11. The number of nitrogens with zero attached hydrogens (tertiary/aromatic N) is 8. The van der Waals surface area contributed by atoms with Gasteiger partial charge in [-0.25, -0.2) is 0 Å². The lowest BCUT2D eigenvalue weighted by Gasteiger charge is -2.01. The van der Waals surface area contributed by atoms with E-state index in [4.69, 9.17) is 27.9 Å². The van der Waals surface area contributed by atoms with E-state index in [1.165, 1.54) is 24.3 Å². The third kappa shape index (κ3) is 9.86. The van der Waals surface area contributed by atoms with Crippen molar-refractivity contribution in [1.29, 1.82) is 0 Å². The van der Waals surface area contributed by atoms with Gasteiger partial charge in [-0.3, -0.25) is 30.2 Å². The molecule has 0 aliphatic carbocycles. The van der Waals surface area contributed by atoms with Crippen LogP contribution in [0.3, 0.4) is 0 Å². The first-order valence-corrected chi connectivity index (χ1v) is 14.9. The monoisotopic (exact) mass is 774 g/mol. The largest absolute Gasteiger partial charge is 0.370 e.